The van der Waals surface area contributed by atoms with Gasteiger partial charge in [0.05, 0.1) is 24.6 Å². The lowest BCUT2D eigenvalue weighted by atomic mass is 10.1. The number of rotatable bonds is 4. The number of hydrazine groups is 1. The van der Waals surface area contributed by atoms with Gasteiger partial charge in [0.1, 0.15) is 17.3 Å². The first-order chi connectivity index (χ1) is 12.5. The zero-order valence-electron chi connectivity index (χ0n) is 14.1. The molecule has 0 unspecified atom stereocenters. The van der Waals surface area contributed by atoms with Crippen molar-refractivity contribution in [1.29, 1.82) is 0 Å². The van der Waals surface area contributed by atoms with E-state index in [0.29, 0.717) is 22.7 Å². The molecule has 3 rings (SSSR count). The van der Waals surface area contributed by atoms with Crippen molar-refractivity contribution in [3.63, 3.8) is 0 Å². The molecule has 0 bridgehead atoms. The summed E-state index contributed by atoms with van der Waals surface area (Å²) in [6.07, 6.45) is 2.80. The number of aryl methyl sites for hydroxylation is 2. The minimum absolute atomic E-state index is 0.0265. The Balaban J connectivity index is 1.65. The van der Waals surface area contributed by atoms with E-state index in [2.05, 4.69) is 21.0 Å². The van der Waals surface area contributed by atoms with Gasteiger partial charge in [-0.2, -0.15) is 0 Å². The van der Waals surface area contributed by atoms with Gasteiger partial charge in [-0.05, 0) is 38.1 Å². The Morgan fingerprint density at radius 2 is 1.92 bits per heavy atom. The summed E-state index contributed by atoms with van der Waals surface area (Å²) in [6.45, 7) is 3.45. The molecule has 9 heteroatoms. The van der Waals surface area contributed by atoms with E-state index in [9.17, 15) is 14.0 Å². The van der Waals surface area contributed by atoms with Gasteiger partial charge in [0, 0.05) is 11.3 Å². The second-order valence-electron chi connectivity index (χ2n) is 5.61. The van der Waals surface area contributed by atoms with Crippen LogP contribution in [-0.2, 0) is 11.2 Å². The first-order valence-corrected chi connectivity index (χ1v) is 7.75. The van der Waals surface area contributed by atoms with Crippen molar-refractivity contribution < 1.29 is 18.5 Å². The highest BCUT2D eigenvalue weighted by Gasteiger charge is 2.16. The number of carbonyl (C=O) groups is 2. The molecule has 0 aliphatic carbocycles. The predicted octanol–water partition coefficient (Wildman–Crippen LogP) is 1.62. The summed E-state index contributed by atoms with van der Waals surface area (Å²) in [4.78, 5) is 28.3. The quantitative estimate of drug-likeness (QED) is 0.691. The van der Waals surface area contributed by atoms with E-state index in [4.69, 9.17) is 4.52 Å². The van der Waals surface area contributed by atoms with Crippen molar-refractivity contribution in [1.82, 2.24) is 25.6 Å². The molecule has 0 spiro atoms. The van der Waals surface area contributed by atoms with Gasteiger partial charge in [-0.15, -0.1) is 0 Å². The van der Waals surface area contributed by atoms with Gasteiger partial charge in [-0.25, -0.2) is 9.37 Å². The molecule has 0 atom stereocenters. The van der Waals surface area contributed by atoms with Crippen molar-refractivity contribution in [2.45, 2.75) is 20.3 Å². The van der Waals surface area contributed by atoms with Crippen LogP contribution in [0.3, 0.4) is 0 Å². The van der Waals surface area contributed by atoms with Gasteiger partial charge in [0.15, 0.2) is 0 Å². The van der Waals surface area contributed by atoms with Crippen LogP contribution in [0.15, 0.2) is 41.3 Å². The van der Waals surface area contributed by atoms with Gasteiger partial charge in [0.2, 0.25) is 5.91 Å². The standard InChI is InChI=1S/C17H16FN5O3/c1-10-14(11(2)26-22-10)7-16(24)20-21-17(25)15-8-19-9-23(15)13-5-3-12(18)4-6-13/h3-6,8-9H,7H2,1-2H3,(H,20,24)(H,21,25). The van der Waals surface area contributed by atoms with Crippen molar-refractivity contribution >= 4 is 11.8 Å². The molecule has 3 aromatic rings. The molecule has 0 saturated heterocycles. The van der Waals surface area contributed by atoms with Crippen molar-refractivity contribution in [2.75, 3.05) is 0 Å². The molecule has 0 radical (unpaired) electrons. The van der Waals surface area contributed by atoms with E-state index >= 15 is 0 Å². The van der Waals surface area contributed by atoms with E-state index in [1.54, 1.807) is 13.8 Å². The van der Waals surface area contributed by atoms with Crippen LogP contribution < -0.4 is 10.9 Å². The fourth-order valence-corrected chi connectivity index (χ4v) is 2.42. The number of carbonyl (C=O) groups excluding carboxylic acids is 2. The van der Waals surface area contributed by atoms with Crippen LogP contribution in [0.25, 0.3) is 5.69 Å². The number of nitrogens with one attached hydrogen (secondary N) is 2. The molecule has 2 aromatic heterocycles. The maximum Gasteiger partial charge on any atom is 0.288 e. The molecule has 26 heavy (non-hydrogen) atoms. The SMILES string of the molecule is Cc1noc(C)c1CC(=O)NNC(=O)c1cncn1-c1ccc(F)cc1. The average Bonchev–Trinajstić information content (AvgIpc) is 3.23. The van der Waals surface area contributed by atoms with Crippen molar-refractivity contribution in [3.8, 4) is 5.69 Å². The topological polar surface area (TPSA) is 102 Å². The van der Waals surface area contributed by atoms with Crippen LogP contribution in [-0.4, -0.2) is 26.5 Å². The van der Waals surface area contributed by atoms with E-state index in [-0.39, 0.29) is 17.9 Å². The summed E-state index contributed by atoms with van der Waals surface area (Å²) < 4.78 is 19.5. The molecule has 134 valence electrons. The summed E-state index contributed by atoms with van der Waals surface area (Å²) in [6, 6.07) is 5.60. The smallest absolute Gasteiger partial charge is 0.288 e. The fourth-order valence-electron chi connectivity index (χ4n) is 2.42. The van der Waals surface area contributed by atoms with Gasteiger partial charge < -0.3 is 4.52 Å². The number of nitrogens with zero attached hydrogens (tertiary/aromatic N) is 3. The maximum atomic E-state index is 13.0. The summed E-state index contributed by atoms with van der Waals surface area (Å²) in [5.74, 6) is -0.802. The van der Waals surface area contributed by atoms with Crippen LogP contribution in [0, 0.1) is 19.7 Å². The molecular formula is C17H16FN5O3. The molecule has 0 aliphatic heterocycles. The van der Waals surface area contributed by atoms with Gasteiger partial charge in [-0.1, -0.05) is 5.16 Å². The molecule has 1 aromatic carbocycles. The van der Waals surface area contributed by atoms with Crippen molar-refractivity contribution in [3.05, 3.63) is 65.3 Å². The normalized spacial score (nSPS) is 10.6. The first kappa shape index (κ1) is 17.3. The van der Waals surface area contributed by atoms with Gasteiger partial charge >= 0.3 is 0 Å². The van der Waals surface area contributed by atoms with Crippen LogP contribution >= 0.6 is 0 Å². The summed E-state index contributed by atoms with van der Waals surface area (Å²) >= 11 is 0. The van der Waals surface area contributed by atoms with E-state index in [1.165, 1.54) is 41.4 Å². The lowest BCUT2D eigenvalue weighted by molar-refractivity contribution is -0.121. The number of hydrogen-bond acceptors (Lipinski definition) is 5. The molecule has 0 saturated carbocycles. The Labute approximate surface area is 148 Å². The Morgan fingerprint density at radius 3 is 2.58 bits per heavy atom. The highest BCUT2D eigenvalue weighted by molar-refractivity contribution is 5.94. The Bertz CT molecular complexity index is 926. The number of aromatic nitrogens is 3. The van der Waals surface area contributed by atoms with Crippen LogP contribution in [0.5, 0.6) is 0 Å². The lowest BCUT2D eigenvalue weighted by Crippen LogP contribution is -2.43. The van der Waals surface area contributed by atoms with Crippen molar-refractivity contribution in [2.24, 2.45) is 0 Å². The third kappa shape index (κ3) is 3.61. The number of amides is 2. The number of halogens is 1. The second kappa shape index (κ2) is 7.18. The maximum absolute atomic E-state index is 13.0. The third-order valence-electron chi connectivity index (χ3n) is 3.81. The largest absolute Gasteiger partial charge is 0.361 e. The first-order valence-electron chi connectivity index (χ1n) is 7.75. The lowest BCUT2D eigenvalue weighted by Gasteiger charge is -2.10. The third-order valence-corrected chi connectivity index (χ3v) is 3.81. The Kier molecular flexibility index (Phi) is 4.78. The minimum Gasteiger partial charge on any atom is -0.361 e. The molecule has 2 amide bonds. The molecule has 2 N–H and O–H groups in total. The highest BCUT2D eigenvalue weighted by atomic mass is 19.1. The number of benzene rings is 1. The molecule has 0 fully saturated rings. The molecule has 8 nitrogen and oxygen atoms in total. The highest BCUT2D eigenvalue weighted by Crippen LogP contribution is 2.13. The van der Waals surface area contributed by atoms with Gasteiger partial charge in [-0.3, -0.25) is 25.0 Å². The zero-order chi connectivity index (χ0) is 18.7. The minimum atomic E-state index is -0.557. The molecule has 2 heterocycles. The summed E-state index contributed by atoms with van der Waals surface area (Å²) in [5, 5.41) is 3.78. The van der Waals surface area contributed by atoms with E-state index in [0.717, 1.165) is 0 Å². The molecule has 0 aliphatic rings. The Hall–Kier alpha value is -3.49. The fraction of sp³-hybridized carbons (Fsp3) is 0.176. The summed E-state index contributed by atoms with van der Waals surface area (Å²) in [7, 11) is 0. The summed E-state index contributed by atoms with van der Waals surface area (Å²) in [5.41, 5.74) is 6.73. The molecular weight excluding hydrogens is 341 g/mol. The van der Waals surface area contributed by atoms with Crippen LogP contribution in [0.4, 0.5) is 4.39 Å². The monoisotopic (exact) mass is 357 g/mol. The van der Waals surface area contributed by atoms with E-state index < -0.39 is 11.8 Å². The number of imidazole rings is 1. The second-order valence-corrected chi connectivity index (χ2v) is 5.61. The Morgan fingerprint density at radius 1 is 1.19 bits per heavy atom. The van der Waals surface area contributed by atoms with Crippen LogP contribution in [0.1, 0.15) is 27.5 Å². The van der Waals surface area contributed by atoms with Crippen LogP contribution in [0.2, 0.25) is 0 Å². The van der Waals surface area contributed by atoms with Gasteiger partial charge in [0.25, 0.3) is 5.91 Å². The van der Waals surface area contributed by atoms with E-state index in [1.807, 2.05) is 0 Å². The predicted molar refractivity (Wildman–Crippen MR) is 88.8 cm³/mol. The average molecular weight is 357 g/mol. The zero-order valence-corrected chi connectivity index (χ0v) is 14.1. The number of hydrogen-bond donors (Lipinski definition) is 2.